The topological polar surface area (TPSA) is 72.9 Å². The van der Waals surface area contributed by atoms with Gasteiger partial charge in [-0.15, -0.1) is 0 Å². The Morgan fingerprint density at radius 3 is 2.40 bits per heavy atom. The van der Waals surface area contributed by atoms with Gasteiger partial charge in [-0.25, -0.2) is 4.72 Å². The molecule has 0 aromatic heterocycles. The van der Waals surface area contributed by atoms with Gasteiger partial charge >= 0.3 is 0 Å². The van der Waals surface area contributed by atoms with E-state index in [1.807, 2.05) is 0 Å². The first-order valence-electron chi connectivity index (χ1n) is 7.61. The maximum Gasteiger partial charge on any atom is 0.279 e. The molecular formula is C13H29N3O3S. The van der Waals surface area contributed by atoms with E-state index in [1.54, 1.807) is 0 Å². The van der Waals surface area contributed by atoms with Crippen LogP contribution in [0.4, 0.5) is 0 Å². The van der Waals surface area contributed by atoms with Crippen LogP contribution >= 0.6 is 0 Å². The van der Waals surface area contributed by atoms with Crippen molar-refractivity contribution in [1.82, 2.24) is 13.9 Å². The summed E-state index contributed by atoms with van der Waals surface area (Å²) in [5.74, 6) is 0.251. The summed E-state index contributed by atoms with van der Waals surface area (Å²) < 4.78 is 28.5. The number of hydrogen-bond donors (Lipinski definition) is 2. The van der Waals surface area contributed by atoms with Crippen molar-refractivity contribution in [3.8, 4) is 0 Å². The Balaban J connectivity index is 2.34. The molecule has 0 bridgehead atoms. The Morgan fingerprint density at radius 1 is 1.25 bits per heavy atom. The zero-order valence-corrected chi connectivity index (χ0v) is 13.5. The van der Waals surface area contributed by atoms with Gasteiger partial charge < -0.3 is 10.0 Å². The maximum atomic E-state index is 12.1. The minimum atomic E-state index is -3.36. The SMILES string of the molecule is CCCN(CC)CCNS(=O)(=O)N1CCC(CO)CC1. The van der Waals surface area contributed by atoms with Gasteiger partial charge in [0.1, 0.15) is 0 Å². The zero-order valence-electron chi connectivity index (χ0n) is 12.7. The van der Waals surface area contributed by atoms with E-state index in [0.29, 0.717) is 19.6 Å². The van der Waals surface area contributed by atoms with Gasteiger partial charge in [0.15, 0.2) is 0 Å². The molecule has 120 valence electrons. The highest BCUT2D eigenvalue weighted by atomic mass is 32.2. The molecule has 0 aromatic carbocycles. The molecule has 2 N–H and O–H groups in total. The van der Waals surface area contributed by atoms with Crippen molar-refractivity contribution in [3.63, 3.8) is 0 Å². The number of nitrogens with one attached hydrogen (secondary N) is 1. The van der Waals surface area contributed by atoms with Crippen molar-refractivity contribution in [2.24, 2.45) is 5.92 Å². The fourth-order valence-electron chi connectivity index (χ4n) is 2.50. The van der Waals surface area contributed by atoms with E-state index in [-0.39, 0.29) is 12.5 Å². The number of rotatable bonds is 9. The van der Waals surface area contributed by atoms with Crippen molar-refractivity contribution < 1.29 is 13.5 Å². The minimum Gasteiger partial charge on any atom is -0.396 e. The molecule has 0 spiro atoms. The smallest absolute Gasteiger partial charge is 0.279 e. The molecule has 1 aliphatic rings. The van der Waals surface area contributed by atoms with Crippen LogP contribution in [-0.2, 0) is 10.2 Å². The Bertz CT molecular complexity index is 354. The molecular weight excluding hydrogens is 278 g/mol. The number of aliphatic hydroxyl groups excluding tert-OH is 1. The van der Waals surface area contributed by atoms with E-state index in [9.17, 15) is 8.42 Å². The molecule has 0 amide bonds. The van der Waals surface area contributed by atoms with Gasteiger partial charge in [-0.2, -0.15) is 12.7 Å². The number of likely N-dealkylation sites (N-methyl/N-ethyl adjacent to an activating group) is 1. The second kappa shape index (κ2) is 8.94. The first-order valence-corrected chi connectivity index (χ1v) is 9.05. The van der Waals surface area contributed by atoms with Crippen LogP contribution < -0.4 is 4.72 Å². The van der Waals surface area contributed by atoms with E-state index in [4.69, 9.17) is 5.11 Å². The first kappa shape index (κ1) is 17.8. The van der Waals surface area contributed by atoms with Crippen molar-refractivity contribution in [1.29, 1.82) is 0 Å². The number of hydrogen-bond acceptors (Lipinski definition) is 4. The molecule has 0 aliphatic carbocycles. The van der Waals surface area contributed by atoms with E-state index >= 15 is 0 Å². The predicted molar refractivity (Wildman–Crippen MR) is 80.7 cm³/mol. The van der Waals surface area contributed by atoms with E-state index in [0.717, 1.165) is 38.9 Å². The van der Waals surface area contributed by atoms with Gasteiger partial charge in [-0.1, -0.05) is 13.8 Å². The minimum absolute atomic E-state index is 0.157. The van der Waals surface area contributed by atoms with E-state index in [1.165, 1.54) is 4.31 Å². The fourth-order valence-corrected chi connectivity index (χ4v) is 3.72. The largest absolute Gasteiger partial charge is 0.396 e. The molecule has 0 atom stereocenters. The van der Waals surface area contributed by atoms with E-state index < -0.39 is 10.2 Å². The molecule has 0 aromatic rings. The lowest BCUT2D eigenvalue weighted by Crippen LogP contribution is -2.47. The standard InChI is InChI=1S/C13H29N3O3S/c1-3-8-15(4-2)11-7-14-20(18,19)16-9-5-13(12-17)6-10-16/h13-14,17H,3-12H2,1-2H3. The van der Waals surface area contributed by atoms with Crippen LogP contribution in [0.25, 0.3) is 0 Å². The van der Waals surface area contributed by atoms with Gasteiger partial charge in [0.2, 0.25) is 0 Å². The number of nitrogens with zero attached hydrogens (tertiary/aromatic N) is 2. The van der Waals surface area contributed by atoms with Crippen molar-refractivity contribution in [2.45, 2.75) is 33.1 Å². The summed E-state index contributed by atoms with van der Waals surface area (Å²) in [5, 5.41) is 9.07. The van der Waals surface area contributed by atoms with Gasteiger partial charge in [0, 0.05) is 32.8 Å². The van der Waals surface area contributed by atoms with Crippen LogP contribution in [0.2, 0.25) is 0 Å². The van der Waals surface area contributed by atoms with Crippen LogP contribution in [0.15, 0.2) is 0 Å². The summed E-state index contributed by atoms with van der Waals surface area (Å²) in [6, 6.07) is 0. The lowest BCUT2D eigenvalue weighted by Gasteiger charge is -2.30. The molecule has 1 fully saturated rings. The molecule has 0 radical (unpaired) electrons. The van der Waals surface area contributed by atoms with Crippen molar-refractivity contribution in [2.75, 3.05) is 45.9 Å². The second-order valence-corrected chi connectivity index (χ2v) is 7.11. The predicted octanol–water partition coefficient (Wildman–Crippen LogP) is 0.257. The number of piperidine rings is 1. The van der Waals surface area contributed by atoms with Gasteiger partial charge in [0.05, 0.1) is 0 Å². The second-order valence-electron chi connectivity index (χ2n) is 5.36. The highest BCUT2D eigenvalue weighted by Gasteiger charge is 2.27. The molecule has 0 unspecified atom stereocenters. The zero-order chi connectivity index (χ0) is 15.0. The van der Waals surface area contributed by atoms with Crippen LogP contribution in [0.3, 0.4) is 0 Å². The molecule has 7 heteroatoms. The van der Waals surface area contributed by atoms with Gasteiger partial charge in [-0.05, 0) is 38.3 Å². The average molecular weight is 307 g/mol. The maximum absolute atomic E-state index is 12.1. The van der Waals surface area contributed by atoms with E-state index in [2.05, 4.69) is 23.5 Å². The fraction of sp³-hybridized carbons (Fsp3) is 1.00. The lowest BCUT2D eigenvalue weighted by atomic mass is 10.00. The third-order valence-corrected chi connectivity index (χ3v) is 5.49. The molecule has 1 heterocycles. The number of aliphatic hydroxyl groups is 1. The van der Waals surface area contributed by atoms with Gasteiger partial charge in [0.25, 0.3) is 10.2 Å². The highest BCUT2D eigenvalue weighted by Crippen LogP contribution is 2.18. The first-order chi connectivity index (χ1) is 9.53. The van der Waals surface area contributed by atoms with Gasteiger partial charge in [-0.3, -0.25) is 0 Å². The highest BCUT2D eigenvalue weighted by molar-refractivity contribution is 7.87. The summed E-state index contributed by atoms with van der Waals surface area (Å²) in [5.41, 5.74) is 0. The summed E-state index contributed by atoms with van der Waals surface area (Å²) in [4.78, 5) is 2.24. The summed E-state index contributed by atoms with van der Waals surface area (Å²) >= 11 is 0. The Kier molecular flexibility index (Phi) is 7.98. The van der Waals surface area contributed by atoms with Crippen LogP contribution in [0, 0.1) is 5.92 Å². The molecule has 1 saturated heterocycles. The molecule has 6 nitrogen and oxygen atoms in total. The molecule has 1 aliphatic heterocycles. The summed E-state index contributed by atoms with van der Waals surface area (Å²) in [7, 11) is -3.36. The summed E-state index contributed by atoms with van der Waals surface area (Å²) in [6.07, 6.45) is 2.57. The quantitative estimate of drug-likeness (QED) is 0.641. The van der Waals surface area contributed by atoms with Crippen LogP contribution in [0.5, 0.6) is 0 Å². The Hall–Kier alpha value is -0.210. The van der Waals surface area contributed by atoms with Crippen molar-refractivity contribution in [3.05, 3.63) is 0 Å². The molecule has 20 heavy (non-hydrogen) atoms. The Morgan fingerprint density at radius 2 is 1.90 bits per heavy atom. The normalized spacial score (nSPS) is 18.8. The average Bonchev–Trinajstić information content (AvgIpc) is 2.46. The van der Waals surface area contributed by atoms with Crippen molar-refractivity contribution >= 4 is 10.2 Å². The lowest BCUT2D eigenvalue weighted by molar-refractivity contribution is 0.169. The third-order valence-electron chi connectivity index (χ3n) is 3.87. The van der Waals surface area contributed by atoms with Crippen LogP contribution in [0.1, 0.15) is 33.1 Å². The third kappa shape index (κ3) is 5.65. The molecule has 0 saturated carbocycles. The monoisotopic (exact) mass is 307 g/mol. The molecule has 1 rings (SSSR count). The summed E-state index contributed by atoms with van der Waals surface area (Å²) in [6.45, 7) is 8.52. The van der Waals surface area contributed by atoms with Crippen LogP contribution in [-0.4, -0.2) is 68.6 Å². The Labute approximate surface area is 123 Å².